The number of nitrogens with zero attached hydrogens (tertiary/aromatic N) is 1. The summed E-state index contributed by atoms with van der Waals surface area (Å²) in [5.41, 5.74) is -0.606. The van der Waals surface area contributed by atoms with Crippen molar-refractivity contribution < 1.29 is 9.90 Å². The number of likely N-dealkylation sites (tertiary alicyclic amines) is 1. The number of carbonyl (C=O) groups is 1. The largest absolute Gasteiger partial charge is 0.480 e. The quantitative estimate of drug-likeness (QED) is 0.761. The Kier molecular flexibility index (Phi) is 3.77. The zero-order valence-electron chi connectivity index (χ0n) is 10.3. The van der Waals surface area contributed by atoms with E-state index in [1.54, 1.807) is 0 Å². The summed E-state index contributed by atoms with van der Waals surface area (Å²) >= 11 is 0. The summed E-state index contributed by atoms with van der Waals surface area (Å²) < 4.78 is 0. The van der Waals surface area contributed by atoms with Gasteiger partial charge in [0.15, 0.2) is 0 Å². The smallest absolute Gasteiger partial charge is 0.324 e. The first-order valence-corrected chi connectivity index (χ1v) is 5.96. The third kappa shape index (κ3) is 2.03. The summed E-state index contributed by atoms with van der Waals surface area (Å²) in [6, 6.07) is 0. The Morgan fingerprint density at radius 1 is 1.40 bits per heavy atom. The Morgan fingerprint density at radius 2 is 1.87 bits per heavy atom. The highest BCUT2D eigenvalue weighted by molar-refractivity contribution is 5.78. The van der Waals surface area contributed by atoms with Crippen molar-refractivity contribution in [2.45, 2.75) is 46.1 Å². The summed E-state index contributed by atoms with van der Waals surface area (Å²) in [7, 11) is 0. The molecule has 0 aromatic carbocycles. The summed E-state index contributed by atoms with van der Waals surface area (Å²) in [6.45, 7) is 10.3. The Labute approximate surface area is 92.5 Å². The van der Waals surface area contributed by atoms with Crippen LogP contribution in [0, 0.1) is 11.8 Å². The van der Waals surface area contributed by atoms with Gasteiger partial charge in [0.25, 0.3) is 0 Å². The molecule has 3 nitrogen and oxygen atoms in total. The van der Waals surface area contributed by atoms with Crippen molar-refractivity contribution in [3.8, 4) is 0 Å². The molecule has 1 heterocycles. The van der Waals surface area contributed by atoms with Crippen LogP contribution in [0.5, 0.6) is 0 Å². The van der Waals surface area contributed by atoms with E-state index < -0.39 is 11.5 Å². The van der Waals surface area contributed by atoms with Gasteiger partial charge in [-0.15, -0.1) is 0 Å². The fraction of sp³-hybridized carbons (Fsp3) is 0.917. The highest BCUT2D eigenvalue weighted by Crippen LogP contribution is 2.34. The molecular weight excluding hydrogens is 190 g/mol. The molecule has 0 atom stereocenters. The molecule has 1 fully saturated rings. The van der Waals surface area contributed by atoms with Crippen LogP contribution in [0.1, 0.15) is 40.5 Å². The number of rotatable bonds is 5. The molecular formula is C12H23NO2. The average molecular weight is 213 g/mol. The lowest BCUT2D eigenvalue weighted by Gasteiger charge is -2.51. The monoisotopic (exact) mass is 213 g/mol. The number of carboxylic acids is 1. The Balaban J connectivity index is 2.66. The van der Waals surface area contributed by atoms with E-state index in [0.717, 1.165) is 13.1 Å². The van der Waals surface area contributed by atoms with Crippen LogP contribution >= 0.6 is 0 Å². The van der Waals surface area contributed by atoms with E-state index in [2.05, 4.69) is 18.7 Å². The first-order valence-electron chi connectivity index (χ1n) is 5.96. The molecule has 0 aliphatic carbocycles. The van der Waals surface area contributed by atoms with Crippen LogP contribution in [0.3, 0.4) is 0 Å². The number of carboxylic acid groups (broad SMARTS) is 1. The minimum absolute atomic E-state index is 0.606. The minimum atomic E-state index is -0.658. The van der Waals surface area contributed by atoms with Crippen molar-refractivity contribution in [1.29, 1.82) is 0 Å². The van der Waals surface area contributed by atoms with Crippen molar-refractivity contribution in [3.05, 3.63) is 0 Å². The van der Waals surface area contributed by atoms with Crippen LogP contribution in [0.15, 0.2) is 0 Å². The van der Waals surface area contributed by atoms with E-state index in [1.807, 2.05) is 13.8 Å². The molecule has 0 amide bonds. The summed E-state index contributed by atoms with van der Waals surface area (Å²) in [5, 5.41) is 9.34. The second-order valence-corrected chi connectivity index (χ2v) is 4.95. The van der Waals surface area contributed by atoms with E-state index >= 15 is 0 Å². The summed E-state index contributed by atoms with van der Waals surface area (Å²) in [4.78, 5) is 13.5. The molecule has 0 bridgehead atoms. The SMILES string of the molecule is CCC(CC)(C(=O)O)N1CC(C(C)C)C1. The maximum atomic E-state index is 11.4. The number of hydrogen-bond donors (Lipinski definition) is 1. The molecule has 1 N–H and O–H groups in total. The van der Waals surface area contributed by atoms with Gasteiger partial charge in [-0.05, 0) is 24.7 Å². The zero-order valence-corrected chi connectivity index (χ0v) is 10.3. The predicted molar refractivity (Wildman–Crippen MR) is 60.8 cm³/mol. The van der Waals surface area contributed by atoms with E-state index in [0.29, 0.717) is 24.7 Å². The Morgan fingerprint density at radius 3 is 2.13 bits per heavy atom. The minimum Gasteiger partial charge on any atom is -0.480 e. The van der Waals surface area contributed by atoms with Crippen molar-refractivity contribution >= 4 is 5.97 Å². The third-order valence-corrected chi connectivity index (χ3v) is 4.03. The van der Waals surface area contributed by atoms with Crippen molar-refractivity contribution in [2.24, 2.45) is 11.8 Å². The lowest BCUT2D eigenvalue weighted by molar-refractivity contribution is -0.159. The van der Waals surface area contributed by atoms with Gasteiger partial charge in [0, 0.05) is 13.1 Å². The molecule has 0 aromatic heterocycles. The Bertz CT molecular complexity index is 228. The second kappa shape index (κ2) is 4.52. The molecule has 0 radical (unpaired) electrons. The maximum Gasteiger partial charge on any atom is 0.324 e. The van der Waals surface area contributed by atoms with Gasteiger partial charge in [0.2, 0.25) is 0 Å². The second-order valence-electron chi connectivity index (χ2n) is 4.95. The Hall–Kier alpha value is -0.570. The van der Waals surface area contributed by atoms with Crippen LogP contribution in [-0.2, 0) is 4.79 Å². The molecule has 88 valence electrons. The van der Waals surface area contributed by atoms with Crippen molar-refractivity contribution in [1.82, 2.24) is 4.90 Å². The fourth-order valence-electron chi connectivity index (χ4n) is 2.42. The lowest BCUT2D eigenvalue weighted by atomic mass is 9.80. The van der Waals surface area contributed by atoms with Gasteiger partial charge in [-0.1, -0.05) is 27.7 Å². The summed E-state index contributed by atoms with van der Waals surface area (Å²) in [5.74, 6) is 0.693. The van der Waals surface area contributed by atoms with Gasteiger partial charge in [0.05, 0.1) is 0 Å². The maximum absolute atomic E-state index is 11.4. The topological polar surface area (TPSA) is 40.5 Å². The zero-order chi connectivity index (χ0) is 11.6. The van der Waals surface area contributed by atoms with E-state index in [1.165, 1.54) is 0 Å². The summed E-state index contributed by atoms with van der Waals surface area (Å²) in [6.07, 6.45) is 1.40. The molecule has 15 heavy (non-hydrogen) atoms. The molecule has 1 rings (SSSR count). The van der Waals surface area contributed by atoms with E-state index in [-0.39, 0.29) is 0 Å². The van der Waals surface area contributed by atoms with Gasteiger partial charge in [-0.3, -0.25) is 9.69 Å². The van der Waals surface area contributed by atoms with Gasteiger partial charge in [0.1, 0.15) is 5.54 Å². The average Bonchev–Trinajstić information content (AvgIpc) is 2.09. The number of aliphatic carboxylic acids is 1. The highest BCUT2D eigenvalue weighted by Gasteiger charge is 2.47. The van der Waals surface area contributed by atoms with Crippen molar-refractivity contribution in [2.75, 3.05) is 13.1 Å². The predicted octanol–water partition coefficient (Wildman–Crippen LogP) is 2.22. The molecule has 0 spiro atoms. The van der Waals surface area contributed by atoms with Crippen LogP contribution in [0.4, 0.5) is 0 Å². The molecule has 0 saturated carbocycles. The van der Waals surface area contributed by atoms with Crippen LogP contribution in [0.25, 0.3) is 0 Å². The normalized spacial score (nSPS) is 19.3. The molecule has 1 aliphatic rings. The molecule has 3 heteroatoms. The van der Waals surface area contributed by atoms with Crippen LogP contribution in [0.2, 0.25) is 0 Å². The van der Waals surface area contributed by atoms with E-state index in [9.17, 15) is 9.90 Å². The first-order chi connectivity index (χ1) is 6.97. The standard InChI is InChI=1S/C12H23NO2/c1-5-12(6-2,11(14)15)13-7-10(8-13)9(3)4/h9-10H,5-8H2,1-4H3,(H,14,15). The highest BCUT2D eigenvalue weighted by atomic mass is 16.4. The molecule has 0 unspecified atom stereocenters. The van der Waals surface area contributed by atoms with Crippen molar-refractivity contribution in [3.63, 3.8) is 0 Å². The van der Waals surface area contributed by atoms with Crippen LogP contribution in [-0.4, -0.2) is 34.6 Å². The lowest BCUT2D eigenvalue weighted by Crippen LogP contribution is -2.64. The number of hydrogen-bond acceptors (Lipinski definition) is 2. The van der Waals surface area contributed by atoms with Gasteiger partial charge >= 0.3 is 5.97 Å². The van der Waals surface area contributed by atoms with Gasteiger partial charge in [-0.25, -0.2) is 0 Å². The van der Waals surface area contributed by atoms with E-state index in [4.69, 9.17) is 0 Å². The molecule has 1 saturated heterocycles. The van der Waals surface area contributed by atoms with Gasteiger partial charge < -0.3 is 5.11 Å². The molecule has 0 aromatic rings. The van der Waals surface area contributed by atoms with Crippen LogP contribution < -0.4 is 0 Å². The first kappa shape index (κ1) is 12.5. The fourth-order valence-corrected chi connectivity index (χ4v) is 2.42. The third-order valence-electron chi connectivity index (χ3n) is 4.03. The molecule has 1 aliphatic heterocycles. The van der Waals surface area contributed by atoms with Gasteiger partial charge in [-0.2, -0.15) is 0 Å².